The van der Waals surface area contributed by atoms with Crippen molar-refractivity contribution in [2.24, 2.45) is 0 Å². The maximum atomic E-state index is 6.47. The summed E-state index contributed by atoms with van der Waals surface area (Å²) >= 11 is 0. The van der Waals surface area contributed by atoms with E-state index < -0.39 is 0 Å². The second-order valence-corrected chi connectivity index (χ2v) is 26.2. The van der Waals surface area contributed by atoms with E-state index in [1.54, 1.807) is 0 Å². The normalized spacial score (nSPS) is 15.0. The van der Waals surface area contributed by atoms with Gasteiger partial charge in [-0.15, -0.1) is 0 Å². The Morgan fingerprint density at radius 3 is 1.69 bits per heavy atom. The van der Waals surface area contributed by atoms with E-state index in [1.807, 2.05) is 12.1 Å². The summed E-state index contributed by atoms with van der Waals surface area (Å²) in [6.45, 7) is 20.3. The number of ether oxygens (including phenoxy) is 4. The third kappa shape index (κ3) is 8.33. The molecule has 422 valence electrons. The number of hydrogen-bond donors (Lipinski definition) is 0. The number of nitrogens with zero attached hydrogens (tertiary/aromatic N) is 3. The van der Waals surface area contributed by atoms with Gasteiger partial charge in [0.1, 0.15) is 37.8 Å². The van der Waals surface area contributed by atoms with Crippen LogP contribution < -0.4 is 50.0 Å². The molecule has 10 aromatic carbocycles. The number of benzene rings is 10. The summed E-state index contributed by atoms with van der Waals surface area (Å²) in [4.78, 5) is 7.32. The molecule has 1 aliphatic carbocycles. The molecule has 86 heavy (non-hydrogen) atoms. The van der Waals surface area contributed by atoms with Crippen molar-refractivity contribution in [3.05, 3.63) is 229 Å². The topological polar surface area (TPSA) is 59.8 Å². The Bertz CT molecular complexity index is 4520. The summed E-state index contributed by atoms with van der Waals surface area (Å²) in [5.41, 5.74) is 24.8. The van der Waals surface area contributed by atoms with Crippen LogP contribution >= 0.6 is 0 Å². The van der Waals surface area contributed by atoms with E-state index in [2.05, 4.69) is 264 Å². The summed E-state index contributed by atoms with van der Waals surface area (Å²) in [5.74, 6) is 3.81. The first-order valence-corrected chi connectivity index (χ1v) is 30.2. The summed E-state index contributed by atoms with van der Waals surface area (Å²) in [5, 5.41) is 1.09. The van der Waals surface area contributed by atoms with Crippen molar-refractivity contribution in [2.45, 2.75) is 71.6 Å². The van der Waals surface area contributed by atoms with Crippen molar-refractivity contribution < 1.29 is 23.4 Å². The van der Waals surface area contributed by atoms with Crippen LogP contribution in [-0.4, -0.2) is 33.1 Å². The van der Waals surface area contributed by atoms with Crippen molar-refractivity contribution in [3.63, 3.8) is 0 Å². The number of rotatable bonds is 7. The van der Waals surface area contributed by atoms with Gasteiger partial charge < -0.3 is 38.1 Å². The van der Waals surface area contributed by atoms with Crippen LogP contribution in [-0.2, 0) is 16.2 Å². The fraction of sp³-hybridized carbons (Fsp3) is 0.195. The first kappa shape index (κ1) is 52.0. The van der Waals surface area contributed by atoms with Crippen LogP contribution in [0.3, 0.4) is 0 Å². The van der Waals surface area contributed by atoms with Gasteiger partial charge in [-0.05, 0) is 181 Å². The van der Waals surface area contributed by atoms with Crippen LogP contribution in [0.15, 0.2) is 211 Å². The Labute approximate surface area is 503 Å². The van der Waals surface area contributed by atoms with Gasteiger partial charge in [-0.2, -0.15) is 0 Å². The molecule has 11 aromatic rings. The molecular weight excluding hydrogens is 1060 g/mol. The van der Waals surface area contributed by atoms with Gasteiger partial charge in [0.15, 0.2) is 23.0 Å². The number of anilines is 9. The van der Waals surface area contributed by atoms with Crippen LogP contribution in [0, 0.1) is 0 Å². The fourth-order valence-corrected chi connectivity index (χ4v) is 14.0. The molecule has 0 radical (unpaired) electrons. The second kappa shape index (κ2) is 19.2. The van der Waals surface area contributed by atoms with Gasteiger partial charge in [0.25, 0.3) is 6.71 Å². The molecule has 9 heteroatoms. The summed E-state index contributed by atoms with van der Waals surface area (Å²) < 4.78 is 31.8. The summed E-state index contributed by atoms with van der Waals surface area (Å²) in [7, 11) is 0. The number of para-hydroxylation sites is 1. The highest BCUT2D eigenvalue weighted by molar-refractivity contribution is 7.00. The first-order valence-electron chi connectivity index (χ1n) is 30.2. The number of fused-ring (bicyclic) bond motifs is 10. The van der Waals surface area contributed by atoms with Crippen LogP contribution in [0.4, 0.5) is 51.2 Å². The lowest BCUT2D eigenvalue weighted by atomic mass is 9.33. The molecule has 0 unspecified atom stereocenters. The van der Waals surface area contributed by atoms with E-state index in [4.69, 9.17) is 23.4 Å². The Balaban J connectivity index is 0.898. The highest BCUT2D eigenvalue weighted by Gasteiger charge is 2.46. The maximum absolute atomic E-state index is 6.47. The van der Waals surface area contributed by atoms with Crippen molar-refractivity contribution in [1.29, 1.82) is 0 Å². The highest BCUT2D eigenvalue weighted by atomic mass is 16.6. The third-order valence-corrected chi connectivity index (χ3v) is 18.5. The molecule has 0 atom stereocenters. The molecule has 0 saturated carbocycles. The average Bonchev–Trinajstić information content (AvgIpc) is 0.942. The monoisotopic (exact) mass is 1120 g/mol. The fourth-order valence-electron chi connectivity index (χ4n) is 14.0. The zero-order valence-electron chi connectivity index (χ0n) is 49.9. The van der Waals surface area contributed by atoms with E-state index in [0.29, 0.717) is 26.4 Å². The third-order valence-electron chi connectivity index (χ3n) is 18.5. The van der Waals surface area contributed by atoms with Crippen molar-refractivity contribution >= 4 is 85.3 Å². The number of furan rings is 1. The van der Waals surface area contributed by atoms with Gasteiger partial charge in [-0.25, -0.2) is 0 Å². The lowest BCUT2D eigenvalue weighted by molar-refractivity contribution is 0.171. The molecular formula is C77H66BN3O5. The summed E-state index contributed by atoms with van der Waals surface area (Å²) in [6.07, 6.45) is 0. The van der Waals surface area contributed by atoms with E-state index in [0.717, 1.165) is 113 Å². The maximum Gasteiger partial charge on any atom is 0.252 e. The molecule has 5 aliphatic rings. The SMILES string of the molecule is CC(C)(C)c1ccc(N2c3ccc(C(C)(C)C)cc3B3c4cc5c(cc4N(c4ccc6c(c4)OCCO6)c4cc(-c6ccc(N(c7ccc(-c8cc9ccccc9o8)cc7)c7ccc8c(c7)C(C)(C)c7ccccc7-8)cc6)cc2c43)OCCO5)cc1. The quantitative estimate of drug-likeness (QED) is 0.146. The molecule has 0 bridgehead atoms. The lowest BCUT2D eigenvalue weighted by Crippen LogP contribution is -2.61. The van der Waals surface area contributed by atoms with Gasteiger partial charge in [-0.3, -0.25) is 0 Å². The van der Waals surface area contributed by atoms with E-state index in [-0.39, 0.29) is 23.0 Å². The predicted molar refractivity (Wildman–Crippen MR) is 353 cm³/mol. The molecule has 5 heterocycles. The smallest absolute Gasteiger partial charge is 0.252 e. The zero-order valence-corrected chi connectivity index (χ0v) is 49.9. The minimum Gasteiger partial charge on any atom is -0.486 e. The van der Waals surface area contributed by atoms with Crippen molar-refractivity contribution in [1.82, 2.24) is 0 Å². The minimum atomic E-state index is -0.180. The largest absolute Gasteiger partial charge is 0.486 e. The van der Waals surface area contributed by atoms with Crippen LogP contribution in [0.5, 0.6) is 23.0 Å². The minimum absolute atomic E-state index is 0.0213. The van der Waals surface area contributed by atoms with Crippen molar-refractivity contribution in [3.8, 4) is 56.6 Å². The average molecular weight is 1120 g/mol. The first-order chi connectivity index (χ1) is 41.6. The molecule has 4 aliphatic heterocycles. The van der Waals surface area contributed by atoms with E-state index >= 15 is 0 Å². The van der Waals surface area contributed by atoms with E-state index in [9.17, 15) is 0 Å². The van der Waals surface area contributed by atoms with Crippen molar-refractivity contribution in [2.75, 3.05) is 41.1 Å². The second-order valence-electron chi connectivity index (χ2n) is 26.2. The molecule has 0 spiro atoms. The van der Waals surface area contributed by atoms with Crippen LogP contribution in [0.1, 0.15) is 77.6 Å². The van der Waals surface area contributed by atoms with Gasteiger partial charge >= 0.3 is 0 Å². The van der Waals surface area contributed by atoms with Gasteiger partial charge in [0, 0.05) is 74.0 Å². The van der Waals surface area contributed by atoms with Gasteiger partial charge in [0.05, 0.1) is 5.69 Å². The molecule has 0 N–H and O–H groups in total. The molecule has 8 nitrogen and oxygen atoms in total. The Morgan fingerprint density at radius 2 is 0.988 bits per heavy atom. The standard InChI is InChI=1S/C77H66BN3O5/c1-75(2,3)51-21-28-55(29-22-51)80-64-33-23-52(76(4,5)6)42-62(64)78-63-45-72-73(85-38-37-84-72)46-65(63)81(57-31-34-69-71(44-57)83-36-35-82-69)67-40-50(39-66(80)74(67)78)47-17-24-53(25-18-47)79(54-26-19-48(20-27-54)70-41-49-13-9-12-16-68(49)86-70)56-30-32-59-58-14-10-11-15-60(58)77(7,8)61(59)43-56/h9-34,39-46H,35-38H2,1-8H3. The molecule has 0 saturated heterocycles. The predicted octanol–water partition coefficient (Wildman–Crippen LogP) is 17.8. The highest BCUT2D eigenvalue weighted by Crippen LogP contribution is 2.53. The molecule has 0 amide bonds. The van der Waals surface area contributed by atoms with Gasteiger partial charge in [0.2, 0.25) is 0 Å². The molecule has 1 aromatic heterocycles. The van der Waals surface area contributed by atoms with Crippen LogP contribution in [0.25, 0.3) is 44.5 Å². The Kier molecular flexibility index (Phi) is 11.6. The zero-order chi connectivity index (χ0) is 58.4. The molecule has 16 rings (SSSR count). The molecule has 0 fully saturated rings. The Morgan fingerprint density at radius 1 is 0.419 bits per heavy atom. The summed E-state index contributed by atoms with van der Waals surface area (Å²) in [6, 6.07) is 76.2. The Hall–Kier alpha value is -9.60. The van der Waals surface area contributed by atoms with Gasteiger partial charge in [-0.1, -0.05) is 140 Å². The number of hydrogen-bond acceptors (Lipinski definition) is 8. The van der Waals surface area contributed by atoms with E-state index in [1.165, 1.54) is 44.3 Å². The van der Waals surface area contributed by atoms with Crippen LogP contribution in [0.2, 0.25) is 0 Å². The lowest BCUT2D eigenvalue weighted by Gasteiger charge is -2.45.